The molecule has 1 fully saturated rings. The fraction of sp³-hybridized carbons (Fsp3) is 0.435. The molecule has 11 heteroatoms. The van der Waals surface area contributed by atoms with Crippen molar-refractivity contribution in [1.82, 2.24) is 19.3 Å². The molecule has 0 amide bonds. The first-order valence-corrected chi connectivity index (χ1v) is 12.5. The zero-order valence-corrected chi connectivity index (χ0v) is 19.5. The maximum atomic E-state index is 12.8. The normalized spacial score (nSPS) is 16.5. The number of nitriles is 1. The minimum atomic E-state index is -4.73. The van der Waals surface area contributed by atoms with Crippen LogP contribution in [0.4, 0.5) is 13.2 Å². The Morgan fingerprint density at radius 3 is 2.41 bits per heavy atom. The molecule has 1 aromatic carbocycles. The first kappa shape index (κ1) is 24.2. The summed E-state index contributed by atoms with van der Waals surface area (Å²) >= 11 is 0. The number of nitrogens with zero attached hydrogens (tertiary/aromatic N) is 4. The van der Waals surface area contributed by atoms with E-state index in [4.69, 9.17) is 0 Å². The monoisotopic (exact) mass is 491 g/mol. The van der Waals surface area contributed by atoms with Crippen molar-refractivity contribution in [3.63, 3.8) is 0 Å². The number of aromatic nitrogens is 3. The molecule has 0 saturated heterocycles. The van der Waals surface area contributed by atoms with Crippen molar-refractivity contribution < 1.29 is 21.6 Å². The van der Waals surface area contributed by atoms with Crippen LogP contribution in [-0.4, -0.2) is 35.2 Å². The van der Waals surface area contributed by atoms with Crippen LogP contribution in [0.15, 0.2) is 35.5 Å². The Morgan fingerprint density at radius 1 is 1.18 bits per heavy atom. The molecule has 0 unspecified atom stereocenters. The van der Waals surface area contributed by atoms with E-state index >= 15 is 0 Å². The lowest BCUT2D eigenvalue weighted by atomic mass is 9.95. The molecule has 0 spiro atoms. The summed E-state index contributed by atoms with van der Waals surface area (Å²) in [5.41, 5.74) is 2.76. The van der Waals surface area contributed by atoms with E-state index in [2.05, 4.69) is 20.6 Å². The lowest BCUT2D eigenvalue weighted by Gasteiger charge is -2.26. The van der Waals surface area contributed by atoms with E-state index in [1.54, 1.807) is 4.72 Å². The Morgan fingerprint density at radius 2 is 1.82 bits per heavy atom. The lowest BCUT2D eigenvalue weighted by Crippen LogP contribution is -2.43. The van der Waals surface area contributed by atoms with Crippen molar-refractivity contribution in [2.24, 2.45) is 0 Å². The van der Waals surface area contributed by atoms with Crippen LogP contribution < -0.4 is 4.72 Å². The maximum absolute atomic E-state index is 12.8. The number of fused-ring (bicyclic) bond motifs is 1. The molecule has 0 bridgehead atoms. The predicted molar refractivity (Wildman–Crippen MR) is 120 cm³/mol. The van der Waals surface area contributed by atoms with Crippen LogP contribution in [0.25, 0.3) is 22.4 Å². The molecule has 1 N–H and O–H groups in total. The van der Waals surface area contributed by atoms with Gasteiger partial charge in [0.1, 0.15) is 22.7 Å². The van der Waals surface area contributed by atoms with Crippen molar-refractivity contribution >= 4 is 20.9 Å². The van der Waals surface area contributed by atoms with E-state index in [0.717, 1.165) is 67.9 Å². The summed E-state index contributed by atoms with van der Waals surface area (Å²) in [5.74, 6) is 0.152. The Hall–Kier alpha value is -2.97. The number of alkyl halides is 3. The van der Waals surface area contributed by atoms with Crippen LogP contribution in [-0.2, 0) is 10.0 Å². The number of nitrogens with one attached hydrogen (secondary N) is 1. The fourth-order valence-electron chi connectivity index (χ4n) is 4.42. The van der Waals surface area contributed by atoms with Crippen molar-refractivity contribution in [1.29, 1.82) is 5.26 Å². The highest BCUT2D eigenvalue weighted by atomic mass is 32.2. The molecule has 180 valence electrons. The molecule has 0 aliphatic heterocycles. The molecule has 0 radical (unpaired) electrons. The minimum Gasteiger partial charge on any atom is -0.334 e. The molecular weight excluding hydrogens is 467 g/mol. The second-order valence-electron chi connectivity index (χ2n) is 8.64. The van der Waals surface area contributed by atoms with Gasteiger partial charge in [-0.25, -0.2) is 18.4 Å². The third-order valence-corrected chi connectivity index (χ3v) is 7.68. The van der Waals surface area contributed by atoms with Crippen LogP contribution in [0.5, 0.6) is 0 Å². The Balaban J connectivity index is 1.82. The number of halogens is 3. The summed E-state index contributed by atoms with van der Waals surface area (Å²) in [4.78, 5) is 7.88. The number of aryl methyl sites for hydroxylation is 1. The molecule has 2 heterocycles. The summed E-state index contributed by atoms with van der Waals surface area (Å²) < 4.78 is 66.9. The molecule has 1 aliphatic carbocycles. The van der Waals surface area contributed by atoms with Gasteiger partial charge in [-0.1, -0.05) is 30.9 Å². The Bertz CT molecular complexity index is 1350. The van der Waals surface area contributed by atoms with E-state index in [-0.39, 0.29) is 11.9 Å². The topological polar surface area (TPSA) is 101 Å². The fourth-order valence-corrected chi connectivity index (χ4v) is 5.54. The number of rotatable bonds is 5. The van der Waals surface area contributed by atoms with E-state index < -0.39 is 27.1 Å². The van der Waals surface area contributed by atoms with Crippen LogP contribution in [0.1, 0.15) is 56.2 Å². The SMILES string of the molecule is Cc1ccc2c(c1)c(C#N)c(-c1ncc(S(=O)(=O)N[C@@H](C)C(F)(F)F)cn1)n2C1CCCCC1. The summed E-state index contributed by atoms with van der Waals surface area (Å²) in [5, 5.41) is 10.8. The van der Waals surface area contributed by atoms with Gasteiger partial charge in [-0.05, 0) is 38.8 Å². The first-order chi connectivity index (χ1) is 16.0. The van der Waals surface area contributed by atoms with Gasteiger partial charge in [-0.3, -0.25) is 0 Å². The Labute approximate surface area is 195 Å². The van der Waals surface area contributed by atoms with Gasteiger partial charge in [-0.2, -0.15) is 23.2 Å². The largest absolute Gasteiger partial charge is 0.404 e. The summed E-state index contributed by atoms with van der Waals surface area (Å²) in [6, 6.07) is 5.99. The molecule has 2 aromatic heterocycles. The second kappa shape index (κ2) is 9.00. The quantitative estimate of drug-likeness (QED) is 0.541. The highest BCUT2D eigenvalue weighted by Gasteiger charge is 2.39. The molecule has 1 atom stereocenters. The molecular formula is C23H24F3N5O2S. The van der Waals surface area contributed by atoms with Crippen molar-refractivity contribution in [3.05, 3.63) is 41.7 Å². The zero-order chi connectivity index (χ0) is 24.7. The van der Waals surface area contributed by atoms with Crippen LogP contribution >= 0.6 is 0 Å². The summed E-state index contributed by atoms with van der Waals surface area (Å²) in [6.07, 6.45) is 2.34. The lowest BCUT2D eigenvalue weighted by molar-refractivity contribution is -0.147. The highest BCUT2D eigenvalue weighted by Crippen LogP contribution is 2.39. The third-order valence-electron chi connectivity index (χ3n) is 6.18. The van der Waals surface area contributed by atoms with Gasteiger partial charge in [0.15, 0.2) is 5.82 Å². The van der Waals surface area contributed by atoms with Gasteiger partial charge in [-0.15, -0.1) is 0 Å². The van der Waals surface area contributed by atoms with Crippen molar-refractivity contribution in [2.45, 2.75) is 69.1 Å². The van der Waals surface area contributed by atoms with E-state index in [1.807, 2.05) is 25.1 Å². The standard InChI is InChI=1S/C23H24F3N5O2S/c1-14-8-9-20-18(10-14)19(11-27)21(31(20)16-6-4-3-5-7-16)22-28-12-17(13-29-22)34(32,33)30-15(2)23(24,25)26/h8-10,12-13,15-16,30H,3-7H2,1-2H3/t15-/m0/s1. The molecule has 3 aromatic rings. The molecule has 1 aliphatic rings. The summed E-state index contributed by atoms with van der Waals surface area (Å²) in [7, 11) is -4.48. The van der Waals surface area contributed by atoms with Gasteiger partial charge in [0.25, 0.3) is 0 Å². The predicted octanol–water partition coefficient (Wildman–Crippen LogP) is 5.01. The van der Waals surface area contributed by atoms with Gasteiger partial charge < -0.3 is 4.57 Å². The molecule has 1 saturated carbocycles. The maximum Gasteiger partial charge on any atom is 0.404 e. The molecule has 4 rings (SSSR count). The number of hydrogen-bond donors (Lipinski definition) is 1. The summed E-state index contributed by atoms with van der Waals surface area (Å²) in [6.45, 7) is 2.65. The molecule has 34 heavy (non-hydrogen) atoms. The van der Waals surface area contributed by atoms with Crippen molar-refractivity contribution in [3.8, 4) is 17.6 Å². The number of sulfonamides is 1. The van der Waals surface area contributed by atoms with Crippen LogP contribution in [0.3, 0.4) is 0 Å². The number of benzene rings is 1. The van der Waals surface area contributed by atoms with E-state index in [9.17, 15) is 26.9 Å². The average Bonchev–Trinajstić information content (AvgIpc) is 3.12. The Kier molecular flexibility index (Phi) is 6.40. The zero-order valence-electron chi connectivity index (χ0n) is 18.7. The first-order valence-electron chi connectivity index (χ1n) is 11.0. The van der Waals surface area contributed by atoms with Crippen LogP contribution in [0.2, 0.25) is 0 Å². The molecule has 7 nitrogen and oxygen atoms in total. The van der Waals surface area contributed by atoms with Gasteiger partial charge in [0.2, 0.25) is 10.0 Å². The number of hydrogen-bond acceptors (Lipinski definition) is 5. The van der Waals surface area contributed by atoms with Crippen LogP contribution in [0, 0.1) is 18.3 Å². The van der Waals surface area contributed by atoms with E-state index in [0.29, 0.717) is 11.3 Å². The average molecular weight is 492 g/mol. The second-order valence-corrected chi connectivity index (χ2v) is 10.4. The smallest absolute Gasteiger partial charge is 0.334 e. The van der Waals surface area contributed by atoms with Gasteiger partial charge in [0.05, 0.1) is 23.5 Å². The minimum absolute atomic E-state index is 0.136. The highest BCUT2D eigenvalue weighted by molar-refractivity contribution is 7.89. The van der Waals surface area contributed by atoms with Gasteiger partial charge >= 0.3 is 6.18 Å². The van der Waals surface area contributed by atoms with Crippen molar-refractivity contribution in [2.75, 3.05) is 0 Å². The van der Waals surface area contributed by atoms with Gasteiger partial charge in [0, 0.05) is 11.4 Å². The van der Waals surface area contributed by atoms with E-state index in [1.165, 1.54) is 0 Å². The third kappa shape index (κ3) is 4.52.